The van der Waals surface area contributed by atoms with Crippen molar-refractivity contribution in [1.29, 1.82) is 0 Å². The molecule has 10 heteroatoms. The zero-order chi connectivity index (χ0) is 26.9. The Bertz CT molecular complexity index is 1570. The standard InChI is InChI=1S/C27H27BrN2O6S/c1-6-35-26(33)22-15(4)29-27-30(23(22)17-9-7-8-10-19(17)36-14(2)3)25(32)21(37-27)13-16-11-18(28)24(31)20(12-16)34-5/h7-14,23,31H,6H2,1-5H3/b21-13+. The highest BCUT2D eigenvalue weighted by Crippen LogP contribution is 2.37. The van der Waals surface area contributed by atoms with E-state index in [0.717, 1.165) is 0 Å². The van der Waals surface area contributed by atoms with Crippen LogP contribution in [0.15, 0.2) is 61.9 Å². The molecule has 1 atom stereocenters. The molecule has 1 aliphatic heterocycles. The molecule has 0 saturated carbocycles. The van der Waals surface area contributed by atoms with Gasteiger partial charge >= 0.3 is 5.97 Å². The van der Waals surface area contributed by atoms with Crippen molar-refractivity contribution < 1.29 is 24.1 Å². The number of esters is 1. The Morgan fingerprint density at radius 3 is 2.68 bits per heavy atom. The Morgan fingerprint density at radius 2 is 2.00 bits per heavy atom. The van der Waals surface area contributed by atoms with Crippen molar-refractivity contribution in [3.63, 3.8) is 0 Å². The van der Waals surface area contributed by atoms with Gasteiger partial charge < -0.3 is 19.3 Å². The van der Waals surface area contributed by atoms with Crippen LogP contribution in [0.4, 0.5) is 0 Å². The molecular weight excluding hydrogens is 560 g/mol. The Balaban J connectivity index is 1.98. The summed E-state index contributed by atoms with van der Waals surface area (Å²) in [6, 6.07) is 9.90. The van der Waals surface area contributed by atoms with Gasteiger partial charge in [-0.3, -0.25) is 9.36 Å². The van der Waals surface area contributed by atoms with Gasteiger partial charge in [0.05, 0.1) is 40.1 Å². The molecule has 0 bridgehead atoms. The van der Waals surface area contributed by atoms with E-state index < -0.39 is 12.0 Å². The minimum absolute atomic E-state index is 0.0300. The molecule has 2 heterocycles. The molecule has 37 heavy (non-hydrogen) atoms. The number of carbonyl (C=O) groups is 1. The second-order valence-corrected chi connectivity index (χ2v) is 10.4. The summed E-state index contributed by atoms with van der Waals surface area (Å²) in [7, 11) is 1.45. The van der Waals surface area contributed by atoms with Crippen LogP contribution in [0.3, 0.4) is 0 Å². The van der Waals surface area contributed by atoms with E-state index >= 15 is 0 Å². The Labute approximate surface area is 226 Å². The molecule has 1 unspecified atom stereocenters. The van der Waals surface area contributed by atoms with Crippen LogP contribution >= 0.6 is 27.3 Å². The zero-order valence-corrected chi connectivity index (χ0v) is 23.5. The molecule has 1 aromatic heterocycles. The van der Waals surface area contributed by atoms with Gasteiger partial charge in [0, 0.05) is 5.56 Å². The Hall–Kier alpha value is -3.37. The summed E-state index contributed by atoms with van der Waals surface area (Å²) in [5, 5.41) is 10.2. The van der Waals surface area contributed by atoms with Crippen LogP contribution in [0.5, 0.6) is 17.2 Å². The van der Waals surface area contributed by atoms with Gasteiger partial charge in [0.25, 0.3) is 5.56 Å². The fourth-order valence-electron chi connectivity index (χ4n) is 4.14. The van der Waals surface area contributed by atoms with Gasteiger partial charge in [0.2, 0.25) is 0 Å². The van der Waals surface area contributed by atoms with Crippen molar-refractivity contribution in [2.24, 2.45) is 4.99 Å². The summed E-state index contributed by atoms with van der Waals surface area (Å²) in [4.78, 5) is 32.1. The van der Waals surface area contributed by atoms with Crippen LogP contribution < -0.4 is 24.4 Å². The maximum absolute atomic E-state index is 13.8. The number of phenols is 1. The SMILES string of the molecule is CCOC(=O)C1=C(C)N=c2s/c(=C/c3cc(Br)c(O)c(OC)c3)c(=O)n2C1c1ccccc1OC(C)C. The van der Waals surface area contributed by atoms with Crippen molar-refractivity contribution in [1.82, 2.24) is 4.57 Å². The van der Waals surface area contributed by atoms with E-state index in [1.54, 1.807) is 32.1 Å². The number of allylic oxidation sites excluding steroid dienone is 1. The molecular formula is C27H27BrN2O6S. The first-order valence-electron chi connectivity index (χ1n) is 11.7. The fraction of sp³-hybridized carbons (Fsp3) is 0.296. The number of fused-ring (bicyclic) bond motifs is 1. The van der Waals surface area contributed by atoms with E-state index in [9.17, 15) is 14.7 Å². The minimum atomic E-state index is -0.784. The van der Waals surface area contributed by atoms with Crippen LogP contribution in [0, 0.1) is 0 Å². The first kappa shape index (κ1) is 26.7. The van der Waals surface area contributed by atoms with E-state index in [1.807, 2.05) is 38.1 Å². The van der Waals surface area contributed by atoms with E-state index in [1.165, 1.54) is 23.0 Å². The van der Waals surface area contributed by atoms with Crippen LogP contribution in [0.25, 0.3) is 6.08 Å². The lowest BCUT2D eigenvalue weighted by Gasteiger charge is -2.26. The van der Waals surface area contributed by atoms with Gasteiger partial charge in [-0.2, -0.15) is 0 Å². The van der Waals surface area contributed by atoms with Crippen LogP contribution in [-0.4, -0.2) is 35.5 Å². The third-order valence-electron chi connectivity index (χ3n) is 5.66. The third kappa shape index (κ3) is 5.21. The molecule has 3 aromatic rings. The first-order valence-corrected chi connectivity index (χ1v) is 13.3. The molecule has 8 nitrogen and oxygen atoms in total. The highest BCUT2D eigenvalue weighted by atomic mass is 79.9. The van der Waals surface area contributed by atoms with E-state index in [0.29, 0.717) is 36.4 Å². The number of benzene rings is 2. The van der Waals surface area contributed by atoms with E-state index in [2.05, 4.69) is 20.9 Å². The summed E-state index contributed by atoms with van der Waals surface area (Å²) in [6.45, 7) is 7.50. The Kier molecular flexibility index (Phi) is 7.89. The normalized spacial score (nSPS) is 15.4. The number of para-hydroxylation sites is 1. The maximum atomic E-state index is 13.8. The predicted molar refractivity (Wildman–Crippen MR) is 145 cm³/mol. The average molecular weight is 587 g/mol. The molecule has 0 fully saturated rings. The van der Waals surface area contributed by atoms with Gasteiger partial charge in [-0.25, -0.2) is 9.79 Å². The summed E-state index contributed by atoms with van der Waals surface area (Å²) < 4.78 is 19.0. The van der Waals surface area contributed by atoms with Gasteiger partial charge in [-0.1, -0.05) is 29.5 Å². The third-order valence-corrected chi connectivity index (χ3v) is 7.25. The van der Waals surface area contributed by atoms with Crippen LogP contribution in [0.1, 0.15) is 44.9 Å². The molecule has 4 rings (SSSR count). The molecule has 0 aliphatic carbocycles. The first-order chi connectivity index (χ1) is 17.7. The number of nitrogens with zero attached hydrogens (tertiary/aromatic N) is 2. The zero-order valence-electron chi connectivity index (χ0n) is 21.1. The molecule has 194 valence electrons. The summed E-state index contributed by atoms with van der Waals surface area (Å²) in [6.07, 6.45) is 1.59. The van der Waals surface area contributed by atoms with Crippen molar-refractivity contribution >= 4 is 39.3 Å². The number of methoxy groups -OCH3 is 1. The van der Waals surface area contributed by atoms with Crippen molar-refractivity contribution in [3.05, 3.63) is 83.0 Å². The van der Waals surface area contributed by atoms with Crippen molar-refractivity contribution in [3.8, 4) is 17.2 Å². The highest BCUT2D eigenvalue weighted by molar-refractivity contribution is 9.10. The lowest BCUT2D eigenvalue weighted by molar-refractivity contribution is -0.139. The Morgan fingerprint density at radius 1 is 1.27 bits per heavy atom. The van der Waals surface area contributed by atoms with E-state index in [4.69, 9.17) is 14.2 Å². The number of carbonyl (C=O) groups excluding carboxylic acids is 1. The van der Waals surface area contributed by atoms with Gasteiger partial charge in [-0.05, 0) is 73.5 Å². The topological polar surface area (TPSA) is 99.4 Å². The smallest absolute Gasteiger partial charge is 0.338 e. The fourth-order valence-corrected chi connectivity index (χ4v) is 5.64. The molecule has 0 radical (unpaired) electrons. The average Bonchev–Trinajstić information content (AvgIpc) is 3.14. The number of phenolic OH excluding ortho intramolecular Hbond substituents is 1. The quantitative estimate of drug-likeness (QED) is 0.419. The number of ether oxygens (including phenoxy) is 3. The highest BCUT2D eigenvalue weighted by Gasteiger charge is 2.35. The lowest BCUT2D eigenvalue weighted by atomic mass is 9.95. The molecule has 0 amide bonds. The predicted octanol–water partition coefficient (Wildman–Crippen LogP) is 4.06. The second kappa shape index (κ2) is 10.9. The number of hydrogen-bond acceptors (Lipinski definition) is 8. The molecule has 0 saturated heterocycles. The minimum Gasteiger partial charge on any atom is -0.503 e. The lowest BCUT2D eigenvalue weighted by Crippen LogP contribution is -2.40. The monoisotopic (exact) mass is 586 g/mol. The molecule has 1 N–H and O–H groups in total. The van der Waals surface area contributed by atoms with Crippen molar-refractivity contribution in [2.75, 3.05) is 13.7 Å². The molecule has 0 spiro atoms. The second-order valence-electron chi connectivity index (χ2n) is 8.56. The van der Waals surface area contributed by atoms with Gasteiger partial charge in [0.15, 0.2) is 16.3 Å². The molecule has 2 aromatic carbocycles. The van der Waals surface area contributed by atoms with Gasteiger partial charge in [-0.15, -0.1) is 0 Å². The molecule has 1 aliphatic rings. The summed E-state index contributed by atoms with van der Waals surface area (Å²) in [5.41, 5.74) is 1.76. The number of rotatable bonds is 7. The maximum Gasteiger partial charge on any atom is 0.338 e. The number of aromatic nitrogens is 1. The van der Waals surface area contributed by atoms with Crippen LogP contribution in [-0.2, 0) is 9.53 Å². The largest absolute Gasteiger partial charge is 0.503 e. The number of hydrogen-bond donors (Lipinski definition) is 1. The summed E-state index contributed by atoms with van der Waals surface area (Å²) >= 11 is 4.53. The van der Waals surface area contributed by atoms with Crippen LogP contribution in [0.2, 0.25) is 0 Å². The van der Waals surface area contributed by atoms with Crippen molar-refractivity contribution in [2.45, 2.75) is 39.8 Å². The number of aromatic hydroxyl groups is 1. The number of thiazole rings is 1. The van der Waals surface area contributed by atoms with Gasteiger partial charge in [0.1, 0.15) is 11.8 Å². The number of halogens is 1. The van der Waals surface area contributed by atoms with E-state index in [-0.39, 0.29) is 35.3 Å². The summed E-state index contributed by atoms with van der Waals surface area (Å²) in [5.74, 6) is 0.277.